The Morgan fingerprint density at radius 3 is 2.40 bits per heavy atom. The Morgan fingerprint density at radius 2 is 1.95 bits per heavy atom. The average molecular weight is 281 g/mol. The van der Waals surface area contributed by atoms with E-state index in [-0.39, 0.29) is 18.2 Å². The maximum absolute atomic E-state index is 9.72. The topological polar surface area (TPSA) is 50.1 Å². The molecule has 0 aliphatic rings. The van der Waals surface area contributed by atoms with Crippen molar-refractivity contribution in [1.82, 2.24) is 15.1 Å². The minimum atomic E-state index is -0.267. The van der Waals surface area contributed by atoms with E-state index in [1.54, 1.807) is 0 Å². The summed E-state index contributed by atoms with van der Waals surface area (Å²) in [7, 11) is 0. The molecule has 1 aromatic heterocycles. The Bertz CT molecular complexity index is 414. The van der Waals surface area contributed by atoms with Crippen molar-refractivity contribution in [3.8, 4) is 0 Å². The molecule has 0 saturated carbocycles. The van der Waals surface area contributed by atoms with Crippen LogP contribution < -0.4 is 5.32 Å². The number of aromatic nitrogens is 2. The van der Waals surface area contributed by atoms with Gasteiger partial charge < -0.3 is 10.4 Å². The number of nitrogens with one attached hydrogen (secondary N) is 1. The van der Waals surface area contributed by atoms with Crippen molar-refractivity contribution in [2.24, 2.45) is 0 Å². The summed E-state index contributed by atoms with van der Waals surface area (Å²) in [4.78, 5) is 0. The molecule has 0 aliphatic carbocycles. The van der Waals surface area contributed by atoms with Crippen molar-refractivity contribution in [3.63, 3.8) is 0 Å². The van der Waals surface area contributed by atoms with Gasteiger partial charge in [-0.15, -0.1) is 0 Å². The molecule has 1 rings (SSSR count). The number of rotatable bonds is 8. The fourth-order valence-corrected chi connectivity index (χ4v) is 2.91. The van der Waals surface area contributed by atoms with Gasteiger partial charge in [0.2, 0.25) is 0 Å². The summed E-state index contributed by atoms with van der Waals surface area (Å²) in [6.45, 7) is 12.9. The third-order valence-corrected chi connectivity index (χ3v) is 3.74. The first-order valence-electron chi connectivity index (χ1n) is 7.81. The average Bonchev–Trinajstić information content (AvgIpc) is 2.81. The summed E-state index contributed by atoms with van der Waals surface area (Å²) in [6.07, 6.45) is 2.82. The molecule has 2 N–H and O–H groups in total. The van der Waals surface area contributed by atoms with Crippen LogP contribution in [-0.2, 0) is 12.8 Å². The predicted octanol–water partition coefficient (Wildman–Crippen LogP) is 2.71. The fraction of sp³-hybridized carbons (Fsp3) is 0.812. The van der Waals surface area contributed by atoms with E-state index in [1.165, 1.54) is 5.69 Å². The number of aliphatic hydroxyl groups excluding tert-OH is 1. The van der Waals surface area contributed by atoms with Gasteiger partial charge in [-0.1, -0.05) is 27.7 Å². The molecular formula is C16H31N3O. The molecule has 4 nitrogen and oxygen atoms in total. The summed E-state index contributed by atoms with van der Waals surface area (Å²) in [6, 6.07) is 2.82. The van der Waals surface area contributed by atoms with Crippen LogP contribution in [0, 0.1) is 0 Å². The number of hydrogen-bond acceptors (Lipinski definition) is 3. The van der Waals surface area contributed by atoms with Crippen LogP contribution in [0.15, 0.2) is 6.07 Å². The standard InChI is InChI=1S/C16H31N3O/c1-7-14-9-15(8-2)19(18-14)13(5)10-16(6,11-20)17-12(3)4/h9,12-13,17,20H,7-8,10-11H2,1-6H3. The molecule has 4 heteroatoms. The Morgan fingerprint density at radius 1 is 1.30 bits per heavy atom. The van der Waals surface area contributed by atoms with E-state index in [4.69, 9.17) is 5.10 Å². The van der Waals surface area contributed by atoms with Gasteiger partial charge in [0.05, 0.1) is 18.3 Å². The van der Waals surface area contributed by atoms with E-state index in [2.05, 4.69) is 57.6 Å². The van der Waals surface area contributed by atoms with Gasteiger partial charge in [0.15, 0.2) is 0 Å². The van der Waals surface area contributed by atoms with Crippen LogP contribution in [-0.4, -0.2) is 33.1 Å². The summed E-state index contributed by atoms with van der Waals surface area (Å²) >= 11 is 0. The fourth-order valence-electron chi connectivity index (χ4n) is 2.91. The highest BCUT2D eigenvalue weighted by atomic mass is 16.3. The summed E-state index contributed by atoms with van der Waals surface area (Å²) in [5, 5.41) is 17.9. The van der Waals surface area contributed by atoms with Gasteiger partial charge in [0.1, 0.15) is 0 Å². The van der Waals surface area contributed by atoms with E-state index in [0.29, 0.717) is 6.04 Å². The van der Waals surface area contributed by atoms with Gasteiger partial charge in [-0.3, -0.25) is 4.68 Å². The van der Waals surface area contributed by atoms with Crippen molar-refractivity contribution < 1.29 is 5.11 Å². The summed E-state index contributed by atoms with van der Waals surface area (Å²) in [5.41, 5.74) is 2.16. The Kier molecular flexibility index (Phi) is 6.21. The summed E-state index contributed by atoms with van der Waals surface area (Å²) in [5.74, 6) is 0. The second kappa shape index (κ2) is 7.23. The molecule has 20 heavy (non-hydrogen) atoms. The van der Waals surface area contributed by atoms with Crippen LogP contribution in [0.5, 0.6) is 0 Å². The van der Waals surface area contributed by atoms with Gasteiger partial charge in [-0.25, -0.2) is 0 Å². The molecule has 0 amide bonds. The largest absolute Gasteiger partial charge is 0.394 e. The van der Waals surface area contributed by atoms with Crippen molar-refractivity contribution in [3.05, 3.63) is 17.5 Å². The molecule has 0 spiro atoms. The molecule has 0 aliphatic heterocycles. The van der Waals surface area contributed by atoms with Gasteiger partial charge >= 0.3 is 0 Å². The van der Waals surface area contributed by atoms with E-state index in [1.807, 2.05) is 0 Å². The van der Waals surface area contributed by atoms with Gasteiger partial charge in [0, 0.05) is 17.3 Å². The van der Waals surface area contributed by atoms with Crippen molar-refractivity contribution in [2.45, 2.75) is 78.4 Å². The molecule has 0 radical (unpaired) electrons. The van der Waals surface area contributed by atoms with Crippen molar-refractivity contribution >= 4 is 0 Å². The van der Waals surface area contributed by atoms with Gasteiger partial charge in [-0.2, -0.15) is 5.10 Å². The quantitative estimate of drug-likeness (QED) is 0.770. The first-order valence-corrected chi connectivity index (χ1v) is 7.81. The van der Waals surface area contributed by atoms with Gasteiger partial charge in [0.25, 0.3) is 0 Å². The minimum absolute atomic E-state index is 0.138. The number of nitrogens with zero attached hydrogens (tertiary/aromatic N) is 2. The summed E-state index contributed by atoms with van der Waals surface area (Å²) < 4.78 is 2.13. The van der Waals surface area contributed by atoms with Crippen LogP contribution in [0.2, 0.25) is 0 Å². The highest BCUT2D eigenvalue weighted by Crippen LogP contribution is 2.23. The predicted molar refractivity (Wildman–Crippen MR) is 84.1 cm³/mol. The maximum Gasteiger partial charge on any atom is 0.0624 e. The van der Waals surface area contributed by atoms with Crippen LogP contribution >= 0.6 is 0 Å². The van der Waals surface area contributed by atoms with Crippen LogP contribution in [0.25, 0.3) is 0 Å². The molecule has 1 aromatic rings. The van der Waals surface area contributed by atoms with Crippen molar-refractivity contribution in [2.75, 3.05) is 6.61 Å². The van der Waals surface area contributed by atoms with E-state index in [0.717, 1.165) is 25.0 Å². The van der Waals surface area contributed by atoms with E-state index in [9.17, 15) is 5.11 Å². The molecule has 0 saturated heterocycles. The third-order valence-electron chi connectivity index (χ3n) is 3.74. The lowest BCUT2D eigenvalue weighted by Gasteiger charge is -2.34. The lowest BCUT2D eigenvalue weighted by atomic mass is 9.93. The highest BCUT2D eigenvalue weighted by Gasteiger charge is 2.28. The molecular weight excluding hydrogens is 250 g/mol. The van der Waals surface area contributed by atoms with E-state index < -0.39 is 0 Å². The lowest BCUT2D eigenvalue weighted by molar-refractivity contribution is 0.140. The number of aryl methyl sites for hydroxylation is 2. The molecule has 2 atom stereocenters. The second-order valence-corrected chi connectivity index (χ2v) is 6.35. The van der Waals surface area contributed by atoms with Gasteiger partial charge in [-0.05, 0) is 39.2 Å². The smallest absolute Gasteiger partial charge is 0.0624 e. The zero-order valence-electron chi connectivity index (χ0n) is 13.9. The first-order chi connectivity index (χ1) is 9.35. The number of aliphatic hydroxyl groups is 1. The Labute approximate surface area is 123 Å². The Hall–Kier alpha value is -0.870. The molecule has 0 aromatic carbocycles. The molecule has 1 heterocycles. The molecule has 116 valence electrons. The molecule has 0 fully saturated rings. The van der Waals surface area contributed by atoms with Crippen LogP contribution in [0.1, 0.15) is 65.4 Å². The Balaban J connectivity index is 2.88. The monoisotopic (exact) mass is 281 g/mol. The van der Waals surface area contributed by atoms with E-state index >= 15 is 0 Å². The highest BCUT2D eigenvalue weighted by molar-refractivity contribution is 5.11. The normalized spacial score (nSPS) is 16.4. The third kappa shape index (κ3) is 4.32. The molecule has 0 bridgehead atoms. The number of hydrogen-bond donors (Lipinski definition) is 2. The first kappa shape index (κ1) is 17.2. The molecule has 2 unspecified atom stereocenters. The van der Waals surface area contributed by atoms with Crippen LogP contribution in [0.3, 0.4) is 0 Å². The SMILES string of the molecule is CCc1cc(CC)n(C(C)CC(C)(CO)NC(C)C)n1. The lowest BCUT2D eigenvalue weighted by Crippen LogP contribution is -2.50. The second-order valence-electron chi connectivity index (χ2n) is 6.35. The van der Waals surface area contributed by atoms with Crippen LogP contribution in [0.4, 0.5) is 0 Å². The maximum atomic E-state index is 9.72. The zero-order chi connectivity index (χ0) is 15.3. The zero-order valence-corrected chi connectivity index (χ0v) is 13.9. The van der Waals surface area contributed by atoms with Crippen molar-refractivity contribution in [1.29, 1.82) is 0 Å². The minimum Gasteiger partial charge on any atom is -0.394 e.